The maximum Gasteiger partial charge on any atom is 0.186 e. The molecule has 336 valence electrons. The van der Waals surface area contributed by atoms with Crippen molar-refractivity contribution in [1.29, 1.82) is 0 Å². The summed E-state index contributed by atoms with van der Waals surface area (Å²) in [5.41, 5.74) is 0. The number of ether oxygens (including phenoxy) is 8. The third-order valence-electron chi connectivity index (χ3n) is 9.06. The monoisotopic (exact) mass is 830 g/mol. The first kappa shape index (κ1) is 53.1. The summed E-state index contributed by atoms with van der Waals surface area (Å²) in [5, 5.41) is 139. The second-order valence-corrected chi connectivity index (χ2v) is 13.0. The third kappa shape index (κ3) is 14.7. The van der Waals surface area contributed by atoms with Crippen molar-refractivity contribution in [3.8, 4) is 0 Å². The standard InChI is InChI=1S/C9H18O5.3C8H16O6/c1-3-13-9-5(2)7(11)8(12)6(4-10)14-9;3*1-2-13-8-7(12)6(11)5(10)4(3-9)14-8/h5-12H,3-4H2,1-2H3;3*4-12H,2-3H2,1H3. The molecule has 0 amide bonds. The molecule has 0 aromatic rings. The zero-order valence-corrected chi connectivity index (χ0v) is 32.2. The molecule has 4 fully saturated rings. The Morgan fingerprint density at radius 1 is 0.321 bits per heavy atom. The van der Waals surface area contributed by atoms with Crippen molar-refractivity contribution >= 4 is 0 Å². The van der Waals surface area contributed by atoms with Crippen LogP contribution < -0.4 is 0 Å². The number of hydrogen-bond donors (Lipinski definition) is 15. The molecule has 4 aliphatic heterocycles. The maximum absolute atomic E-state index is 9.62. The Morgan fingerprint density at radius 2 is 0.536 bits per heavy atom. The van der Waals surface area contributed by atoms with Crippen LogP contribution in [0.2, 0.25) is 0 Å². The van der Waals surface area contributed by atoms with E-state index < -0.39 is 137 Å². The van der Waals surface area contributed by atoms with Crippen molar-refractivity contribution in [3.05, 3.63) is 0 Å². The second kappa shape index (κ2) is 27.0. The number of rotatable bonds is 12. The predicted octanol–water partition coefficient (Wildman–Crippen LogP) is -7.43. The Bertz CT molecular complexity index is 836. The fraction of sp³-hybridized carbons (Fsp3) is 1.00. The van der Waals surface area contributed by atoms with Gasteiger partial charge in [0.25, 0.3) is 0 Å². The van der Waals surface area contributed by atoms with Gasteiger partial charge in [-0.25, -0.2) is 0 Å². The SMILES string of the molecule is CCOC1OC(CO)C(O)C(O)C1C.CCOC1OC(CO)C(O)C(O)C1O.CCOC1OC(CO)C(O)C(O)C1O.CCOC1OC(CO)C(O)C(O)C1O. The highest BCUT2D eigenvalue weighted by molar-refractivity contribution is 4.91. The lowest BCUT2D eigenvalue weighted by atomic mass is 9.92. The molecular weight excluding hydrogens is 764 g/mol. The van der Waals surface area contributed by atoms with Crippen LogP contribution in [0.1, 0.15) is 34.6 Å². The van der Waals surface area contributed by atoms with Gasteiger partial charge in [-0.2, -0.15) is 0 Å². The highest BCUT2D eigenvalue weighted by Crippen LogP contribution is 2.27. The Hall–Kier alpha value is -0.920. The van der Waals surface area contributed by atoms with E-state index in [9.17, 15) is 56.2 Å². The molecule has 4 heterocycles. The minimum absolute atomic E-state index is 0.298. The molecule has 20 atom stereocenters. The molecule has 0 aromatic carbocycles. The number of aliphatic hydroxyl groups is 15. The van der Waals surface area contributed by atoms with Crippen LogP contribution in [0, 0.1) is 5.92 Å². The molecule has 0 spiro atoms. The number of aliphatic hydroxyl groups excluding tert-OH is 15. The molecule has 0 bridgehead atoms. The topological polar surface area (TPSA) is 377 Å². The summed E-state index contributed by atoms with van der Waals surface area (Å²) in [6.07, 6.45) is -21.0. The van der Waals surface area contributed by atoms with Crippen LogP contribution in [0.4, 0.5) is 0 Å². The first-order chi connectivity index (χ1) is 26.5. The highest BCUT2D eigenvalue weighted by Gasteiger charge is 2.46. The van der Waals surface area contributed by atoms with E-state index in [4.69, 9.17) is 58.3 Å². The fourth-order valence-electron chi connectivity index (χ4n) is 5.68. The lowest BCUT2D eigenvalue weighted by molar-refractivity contribution is -0.300. The second-order valence-electron chi connectivity index (χ2n) is 13.0. The Balaban J connectivity index is 0.000000373. The van der Waals surface area contributed by atoms with Gasteiger partial charge >= 0.3 is 0 Å². The molecule has 15 N–H and O–H groups in total. The Labute approximate surface area is 324 Å². The Kier molecular flexibility index (Phi) is 25.6. The van der Waals surface area contributed by atoms with Gasteiger partial charge in [-0.15, -0.1) is 0 Å². The predicted molar refractivity (Wildman–Crippen MR) is 185 cm³/mol. The van der Waals surface area contributed by atoms with E-state index in [1.807, 2.05) is 6.92 Å². The summed E-state index contributed by atoms with van der Waals surface area (Å²) in [6, 6.07) is 0. The zero-order valence-electron chi connectivity index (χ0n) is 32.2. The van der Waals surface area contributed by atoms with Gasteiger partial charge in [0.05, 0.1) is 32.5 Å². The van der Waals surface area contributed by atoms with Gasteiger partial charge in [0.2, 0.25) is 0 Å². The molecule has 23 nitrogen and oxygen atoms in total. The van der Waals surface area contributed by atoms with Crippen LogP contribution in [0.15, 0.2) is 0 Å². The van der Waals surface area contributed by atoms with Crippen molar-refractivity contribution in [3.63, 3.8) is 0 Å². The van der Waals surface area contributed by atoms with E-state index in [1.165, 1.54) is 0 Å². The van der Waals surface area contributed by atoms with E-state index in [1.54, 1.807) is 27.7 Å². The lowest BCUT2D eigenvalue weighted by Gasteiger charge is -2.40. The molecule has 4 saturated heterocycles. The maximum atomic E-state index is 9.62. The summed E-state index contributed by atoms with van der Waals surface area (Å²) in [7, 11) is 0. The third-order valence-corrected chi connectivity index (χ3v) is 9.06. The summed E-state index contributed by atoms with van der Waals surface area (Å²) in [5.74, 6) is -0.298. The van der Waals surface area contributed by atoms with Crippen LogP contribution in [-0.4, -0.2) is 246 Å². The zero-order chi connectivity index (χ0) is 42.9. The van der Waals surface area contributed by atoms with E-state index in [0.717, 1.165) is 0 Å². The minimum Gasteiger partial charge on any atom is -0.394 e. The smallest absolute Gasteiger partial charge is 0.186 e. The lowest BCUT2D eigenvalue weighted by Crippen LogP contribution is -2.59. The van der Waals surface area contributed by atoms with E-state index in [2.05, 4.69) is 0 Å². The van der Waals surface area contributed by atoms with Gasteiger partial charge in [-0.05, 0) is 27.7 Å². The summed E-state index contributed by atoms with van der Waals surface area (Å²) < 4.78 is 40.6. The molecule has 0 aromatic heterocycles. The molecule has 20 unspecified atom stereocenters. The molecule has 56 heavy (non-hydrogen) atoms. The molecule has 23 heteroatoms. The van der Waals surface area contributed by atoms with Crippen molar-refractivity contribution in [2.45, 2.75) is 151 Å². The normalized spacial score (nSPS) is 43.9. The van der Waals surface area contributed by atoms with Crippen molar-refractivity contribution in [2.75, 3.05) is 52.9 Å². The van der Waals surface area contributed by atoms with E-state index in [0.29, 0.717) is 26.4 Å². The van der Waals surface area contributed by atoms with Crippen LogP contribution in [0.25, 0.3) is 0 Å². The molecule has 0 aliphatic carbocycles. The van der Waals surface area contributed by atoms with E-state index in [-0.39, 0.29) is 12.5 Å². The van der Waals surface area contributed by atoms with Crippen LogP contribution in [0.3, 0.4) is 0 Å². The molecule has 0 radical (unpaired) electrons. The van der Waals surface area contributed by atoms with Crippen LogP contribution >= 0.6 is 0 Å². The largest absolute Gasteiger partial charge is 0.394 e. The summed E-state index contributed by atoms with van der Waals surface area (Å²) >= 11 is 0. The van der Waals surface area contributed by atoms with Gasteiger partial charge in [0.15, 0.2) is 25.2 Å². The Morgan fingerprint density at radius 3 is 0.768 bits per heavy atom. The quantitative estimate of drug-likeness (QED) is 0.0868. The molecule has 0 saturated carbocycles. The average Bonchev–Trinajstić information content (AvgIpc) is 3.19. The minimum atomic E-state index is -1.36. The van der Waals surface area contributed by atoms with E-state index >= 15 is 0 Å². The van der Waals surface area contributed by atoms with Crippen molar-refractivity contribution < 1.29 is 114 Å². The molecule has 4 aliphatic rings. The van der Waals surface area contributed by atoms with Gasteiger partial charge in [-0.1, -0.05) is 6.92 Å². The van der Waals surface area contributed by atoms with Gasteiger partial charge < -0.3 is 114 Å². The molecular formula is C33H66O23. The average molecular weight is 831 g/mol. The van der Waals surface area contributed by atoms with Crippen molar-refractivity contribution in [1.82, 2.24) is 0 Å². The number of hydrogen-bond acceptors (Lipinski definition) is 23. The van der Waals surface area contributed by atoms with Crippen molar-refractivity contribution in [2.24, 2.45) is 5.92 Å². The van der Waals surface area contributed by atoms with Crippen LogP contribution in [0.5, 0.6) is 0 Å². The first-order valence-corrected chi connectivity index (χ1v) is 18.5. The van der Waals surface area contributed by atoms with Gasteiger partial charge in [0.1, 0.15) is 85.5 Å². The summed E-state index contributed by atoms with van der Waals surface area (Å²) in [6.45, 7) is 8.45. The highest BCUT2D eigenvalue weighted by atomic mass is 16.7. The summed E-state index contributed by atoms with van der Waals surface area (Å²) in [4.78, 5) is 0. The van der Waals surface area contributed by atoms with Gasteiger partial charge in [-0.3, -0.25) is 0 Å². The fourth-order valence-corrected chi connectivity index (χ4v) is 5.68. The van der Waals surface area contributed by atoms with Crippen LogP contribution in [-0.2, 0) is 37.9 Å². The first-order valence-electron chi connectivity index (χ1n) is 18.5. The van der Waals surface area contributed by atoms with Gasteiger partial charge in [0, 0.05) is 32.3 Å². The molecule has 4 rings (SSSR count).